The van der Waals surface area contributed by atoms with Gasteiger partial charge in [0.2, 0.25) is 0 Å². The molecular formula is C18H14N6O2. The van der Waals surface area contributed by atoms with Crippen molar-refractivity contribution in [3.8, 4) is 5.69 Å². The van der Waals surface area contributed by atoms with Gasteiger partial charge in [0.1, 0.15) is 11.3 Å². The van der Waals surface area contributed by atoms with E-state index < -0.39 is 4.92 Å². The largest absolute Gasteiger partial charge is 0.365 e. The number of benzene rings is 2. The van der Waals surface area contributed by atoms with Crippen LogP contribution in [-0.4, -0.2) is 24.7 Å². The van der Waals surface area contributed by atoms with Crippen molar-refractivity contribution in [1.82, 2.24) is 19.7 Å². The molecule has 0 unspecified atom stereocenters. The van der Waals surface area contributed by atoms with Crippen LogP contribution >= 0.6 is 0 Å². The van der Waals surface area contributed by atoms with E-state index in [2.05, 4.69) is 20.4 Å². The Balaban J connectivity index is 1.52. The van der Waals surface area contributed by atoms with E-state index in [0.29, 0.717) is 23.5 Å². The summed E-state index contributed by atoms with van der Waals surface area (Å²) in [4.78, 5) is 19.2. The normalized spacial score (nSPS) is 10.8. The Morgan fingerprint density at radius 1 is 1.04 bits per heavy atom. The molecule has 2 aromatic carbocycles. The molecule has 4 rings (SSSR count). The third-order valence-electron chi connectivity index (χ3n) is 3.90. The van der Waals surface area contributed by atoms with Gasteiger partial charge < -0.3 is 5.32 Å². The van der Waals surface area contributed by atoms with Gasteiger partial charge in [0.05, 0.1) is 23.0 Å². The second-order valence-corrected chi connectivity index (χ2v) is 5.63. The maximum atomic E-state index is 10.7. The summed E-state index contributed by atoms with van der Waals surface area (Å²) in [6.45, 7) is 0.491. The highest BCUT2D eigenvalue weighted by Gasteiger charge is 2.09. The number of nitrogens with one attached hydrogen (secondary N) is 1. The molecule has 26 heavy (non-hydrogen) atoms. The first-order valence-corrected chi connectivity index (χ1v) is 7.94. The number of fused-ring (bicyclic) bond motifs is 1. The number of non-ortho nitro benzene ring substituents is 1. The molecule has 0 radical (unpaired) electrons. The Morgan fingerprint density at radius 3 is 2.54 bits per heavy atom. The molecule has 0 aliphatic heterocycles. The first kappa shape index (κ1) is 15.7. The lowest BCUT2D eigenvalue weighted by Gasteiger charge is -2.06. The van der Waals surface area contributed by atoms with Gasteiger partial charge >= 0.3 is 0 Å². The Kier molecular flexibility index (Phi) is 3.98. The van der Waals surface area contributed by atoms with E-state index in [-0.39, 0.29) is 5.69 Å². The SMILES string of the molecule is O=[N+]([O-])c1ccc(CNc2cnc3c(cnn3-c3ccccc3)n2)cc1. The Labute approximate surface area is 148 Å². The van der Waals surface area contributed by atoms with Crippen molar-refractivity contribution in [1.29, 1.82) is 0 Å². The fourth-order valence-electron chi connectivity index (χ4n) is 2.59. The molecule has 8 heteroatoms. The quantitative estimate of drug-likeness (QED) is 0.439. The van der Waals surface area contributed by atoms with E-state index in [1.54, 1.807) is 29.2 Å². The van der Waals surface area contributed by atoms with Crippen LogP contribution < -0.4 is 5.32 Å². The average molecular weight is 346 g/mol. The molecule has 0 saturated heterocycles. The second-order valence-electron chi connectivity index (χ2n) is 5.63. The third-order valence-corrected chi connectivity index (χ3v) is 3.90. The van der Waals surface area contributed by atoms with Crippen LogP contribution in [0.2, 0.25) is 0 Å². The molecule has 0 spiro atoms. The zero-order chi connectivity index (χ0) is 17.9. The van der Waals surface area contributed by atoms with Gasteiger partial charge in [-0.3, -0.25) is 10.1 Å². The van der Waals surface area contributed by atoms with Gasteiger partial charge in [-0.25, -0.2) is 14.6 Å². The zero-order valence-corrected chi connectivity index (χ0v) is 13.6. The van der Waals surface area contributed by atoms with E-state index in [0.717, 1.165) is 11.3 Å². The number of nitro groups is 1. The molecule has 8 nitrogen and oxygen atoms in total. The fourth-order valence-corrected chi connectivity index (χ4v) is 2.59. The van der Waals surface area contributed by atoms with E-state index in [4.69, 9.17) is 0 Å². The maximum Gasteiger partial charge on any atom is 0.269 e. The Bertz CT molecular complexity index is 1060. The predicted molar refractivity (Wildman–Crippen MR) is 97.1 cm³/mol. The number of nitrogens with zero attached hydrogens (tertiary/aromatic N) is 5. The average Bonchev–Trinajstić information content (AvgIpc) is 3.10. The second kappa shape index (κ2) is 6.60. The standard InChI is InChI=1S/C18H14N6O2/c25-24(26)15-8-6-13(7-9-15)10-19-17-12-20-18-16(22-17)11-21-23(18)14-4-2-1-3-5-14/h1-9,11-12H,10H2,(H,19,22). The van der Waals surface area contributed by atoms with Gasteiger partial charge in [-0.1, -0.05) is 30.3 Å². The first-order valence-electron chi connectivity index (χ1n) is 7.94. The van der Waals surface area contributed by atoms with Crippen LogP contribution in [-0.2, 0) is 6.54 Å². The van der Waals surface area contributed by atoms with Crippen LogP contribution in [0.15, 0.2) is 67.0 Å². The van der Waals surface area contributed by atoms with Crippen molar-refractivity contribution in [2.75, 3.05) is 5.32 Å². The minimum absolute atomic E-state index is 0.0725. The van der Waals surface area contributed by atoms with E-state index >= 15 is 0 Å². The lowest BCUT2D eigenvalue weighted by molar-refractivity contribution is -0.384. The number of anilines is 1. The van der Waals surface area contributed by atoms with Gasteiger partial charge in [0, 0.05) is 18.7 Å². The number of para-hydroxylation sites is 1. The summed E-state index contributed by atoms with van der Waals surface area (Å²) in [5.74, 6) is 0.614. The van der Waals surface area contributed by atoms with Gasteiger partial charge in [0.15, 0.2) is 5.65 Å². The van der Waals surface area contributed by atoms with Gasteiger partial charge in [-0.15, -0.1) is 0 Å². The first-order chi connectivity index (χ1) is 12.7. The number of aromatic nitrogens is 4. The van der Waals surface area contributed by atoms with Crippen LogP contribution in [0, 0.1) is 10.1 Å². The molecule has 2 aromatic heterocycles. The lowest BCUT2D eigenvalue weighted by atomic mass is 10.2. The summed E-state index contributed by atoms with van der Waals surface area (Å²) in [5.41, 5.74) is 3.27. The highest BCUT2D eigenvalue weighted by atomic mass is 16.6. The maximum absolute atomic E-state index is 10.7. The summed E-state index contributed by atoms with van der Waals surface area (Å²) in [5, 5.41) is 18.2. The zero-order valence-electron chi connectivity index (χ0n) is 13.6. The molecule has 0 bridgehead atoms. The summed E-state index contributed by atoms with van der Waals surface area (Å²) < 4.78 is 1.74. The van der Waals surface area contributed by atoms with Crippen molar-refractivity contribution in [3.63, 3.8) is 0 Å². The van der Waals surface area contributed by atoms with Crippen molar-refractivity contribution < 1.29 is 4.92 Å². The van der Waals surface area contributed by atoms with E-state index in [9.17, 15) is 10.1 Å². The van der Waals surface area contributed by atoms with Crippen molar-refractivity contribution in [2.45, 2.75) is 6.54 Å². The van der Waals surface area contributed by atoms with Crippen LogP contribution in [0.4, 0.5) is 11.5 Å². The monoisotopic (exact) mass is 346 g/mol. The topological polar surface area (TPSA) is 98.8 Å². The van der Waals surface area contributed by atoms with E-state index in [1.165, 1.54) is 12.1 Å². The third kappa shape index (κ3) is 3.07. The summed E-state index contributed by atoms with van der Waals surface area (Å²) in [6, 6.07) is 16.1. The molecule has 0 fully saturated rings. The van der Waals surface area contributed by atoms with Crippen LogP contribution in [0.25, 0.3) is 16.9 Å². The lowest BCUT2D eigenvalue weighted by Crippen LogP contribution is -2.03. The Morgan fingerprint density at radius 2 is 1.81 bits per heavy atom. The minimum Gasteiger partial charge on any atom is -0.365 e. The molecular weight excluding hydrogens is 332 g/mol. The smallest absolute Gasteiger partial charge is 0.269 e. The predicted octanol–water partition coefficient (Wildman–Crippen LogP) is 3.34. The van der Waals surface area contributed by atoms with Crippen LogP contribution in [0.5, 0.6) is 0 Å². The molecule has 2 heterocycles. The van der Waals surface area contributed by atoms with Gasteiger partial charge in [-0.2, -0.15) is 5.10 Å². The molecule has 0 aliphatic carbocycles. The summed E-state index contributed by atoms with van der Waals surface area (Å²) in [7, 11) is 0. The molecule has 128 valence electrons. The summed E-state index contributed by atoms with van der Waals surface area (Å²) >= 11 is 0. The molecule has 0 aliphatic rings. The summed E-state index contributed by atoms with van der Waals surface area (Å²) in [6.07, 6.45) is 3.32. The Hall–Kier alpha value is -3.81. The number of hydrogen-bond donors (Lipinski definition) is 1. The fraction of sp³-hybridized carbons (Fsp3) is 0.0556. The van der Waals surface area contributed by atoms with Gasteiger partial charge in [0.25, 0.3) is 5.69 Å². The molecule has 4 aromatic rings. The highest BCUT2D eigenvalue weighted by molar-refractivity contribution is 5.73. The minimum atomic E-state index is -0.416. The van der Waals surface area contributed by atoms with Crippen LogP contribution in [0.3, 0.4) is 0 Å². The number of hydrogen-bond acceptors (Lipinski definition) is 6. The van der Waals surface area contributed by atoms with Crippen molar-refractivity contribution in [2.24, 2.45) is 0 Å². The molecule has 0 saturated carbocycles. The highest BCUT2D eigenvalue weighted by Crippen LogP contribution is 2.17. The van der Waals surface area contributed by atoms with Crippen molar-refractivity contribution in [3.05, 3.63) is 82.7 Å². The molecule has 0 amide bonds. The number of nitro benzene ring substituents is 1. The number of rotatable bonds is 5. The van der Waals surface area contributed by atoms with E-state index in [1.807, 2.05) is 30.3 Å². The molecule has 0 atom stereocenters. The van der Waals surface area contributed by atoms with Crippen molar-refractivity contribution >= 4 is 22.7 Å². The molecule has 1 N–H and O–H groups in total. The van der Waals surface area contributed by atoms with Gasteiger partial charge in [-0.05, 0) is 17.7 Å². The van der Waals surface area contributed by atoms with Crippen LogP contribution in [0.1, 0.15) is 5.56 Å².